The van der Waals surface area contributed by atoms with Gasteiger partial charge in [-0.15, -0.1) is 0 Å². The second-order valence-corrected chi connectivity index (χ2v) is 5.10. The van der Waals surface area contributed by atoms with Crippen LogP contribution in [0.25, 0.3) is 0 Å². The van der Waals surface area contributed by atoms with Gasteiger partial charge in [0.25, 0.3) is 0 Å². The van der Waals surface area contributed by atoms with Crippen molar-refractivity contribution in [3.05, 3.63) is 51.4 Å². The van der Waals surface area contributed by atoms with Crippen LogP contribution in [0.1, 0.15) is 27.4 Å². The van der Waals surface area contributed by atoms with Crippen LogP contribution in [0.15, 0.2) is 33.2 Å². The summed E-state index contributed by atoms with van der Waals surface area (Å²) in [5, 5.41) is 8.94. The van der Waals surface area contributed by atoms with Crippen molar-refractivity contribution in [3.63, 3.8) is 0 Å². The molecule has 0 aliphatic carbocycles. The van der Waals surface area contributed by atoms with Gasteiger partial charge in [-0.25, -0.2) is 4.79 Å². The zero-order valence-corrected chi connectivity index (χ0v) is 12.2. The summed E-state index contributed by atoms with van der Waals surface area (Å²) >= 11 is 3.38. The molecule has 1 N–H and O–H groups in total. The van der Waals surface area contributed by atoms with Gasteiger partial charge < -0.3 is 14.3 Å². The number of ether oxygens (including phenoxy) is 1. The molecule has 0 aliphatic heterocycles. The van der Waals surface area contributed by atoms with Crippen LogP contribution >= 0.6 is 15.9 Å². The first kappa shape index (κ1) is 13.7. The molecule has 0 aliphatic rings. The Morgan fingerprint density at radius 1 is 1.37 bits per heavy atom. The zero-order chi connectivity index (χ0) is 14.0. The number of rotatable bonds is 4. The average molecular weight is 325 g/mol. The van der Waals surface area contributed by atoms with Crippen LogP contribution in [-0.2, 0) is 6.61 Å². The molecule has 1 heterocycles. The first-order valence-corrected chi connectivity index (χ1v) is 6.48. The average Bonchev–Trinajstić information content (AvgIpc) is 2.72. The lowest BCUT2D eigenvalue weighted by atomic mass is 10.2. The minimum atomic E-state index is -0.994. The molecule has 0 amide bonds. The molecule has 0 fully saturated rings. The normalized spacial score (nSPS) is 10.5. The maximum absolute atomic E-state index is 10.9. The summed E-state index contributed by atoms with van der Waals surface area (Å²) in [7, 11) is 0. The Bertz CT molecular complexity index is 616. The summed E-state index contributed by atoms with van der Waals surface area (Å²) in [6.45, 7) is 3.76. The van der Waals surface area contributed by atoms with E-state index in [0.29, 0.717) is 11.5 Å². The molecule has 1 aromatic carbocycles. The molecule has 19 heavy (non-hydrogen) atoms. The van der Waals surface area contributed by atoms with Gasteiger partial charge in [-0.1, -0.05) is 22.0 Å². The van der Waals surface area contributed by atoms with Crippen molar-refractivity contribution < 1.29 is 19.1 Å². The third-order valence-electron chi connectivity index (χ3n) is 2.72. The van der Waals surface area contributed by atoms with Crippen LogP contribution in [0.3, 0.4) is 0 Å². The highest BCUT2D eigenvalue weighted by Gasteiger charge is 2.14. The van der Waals surface area contributed by atoms with Crippen LogP contribution in [-0.4, -0.2) is 11.1 Å². The highest BCUT2D eigenvalue weighted by molar-refractivity contribution is 9.10. The van der Waals surface area contributed by atoms with Gasteiger partial charge in [0.2, 0.25) is 0 Å². The molecule has 0 saturated heterocycles. The van der Waals surface area contributed by atoms with Gasteiger partial charge in [0.1, 0.15) is 29.4 Å². The number of furan rings is 1. The van der Waals surface area contributed by atoms with Crippen LogP contribution in [0, 0.1) is 13.8 Å². The summed E-state index contributed by atoms with van der Waals surface area (Å²) in [5.41, 5.74) is 1.18. The Hall–Kier alpha value is -1.75. The van der Waals surface area contributed by atoms with E-state index in [4.69, 9.17) is 14.3 Å². The van der Waals surface area contributed by atoms with Crippen molar-refractivity contribution in [1.29, 1.82) is 0 Å². The predicted octanol–water partition coefficient (Wildman–Crippen LogP) is 3.94. The van der Waals surface area contributed by atoms with Crippen molar-refractivity contribution in [2.75, 3.05) is 0 Å². The minimum Gasteiger partial charge on any atom is -0.485 e. The van der Waals surface area contributed by atoms with Gasteiger partial charge in [-0.3, -0.25) is 0 Å². The van der Waals surface area contributed by atoms with Gasteiger partial charge >= 0.3 is 5.97 Å². The fourth-order valence-electron chi connectivity index (χ4n) is 1.71. The van der Waals surface area contributed by atoms with Gasteiger partial charge in [0.15, 0.2) is 0 Å². The van der Waals surface area contributed by atoms with Crippen molar-refractivity contribution in [3.8, 4) is 5.75 Å². The highest BCUT2D eigenvalue weighted by atomic mass is 79.9. The van der Waals surface area contributed by atoms with Crippen LogP contribution in [0.5, 0.6) is 5.75 Å². The van der Waals surface area contributed by atoms with Gasteiger partial charge in [-0.05, 0) is 37.6 Å². The molecular formula is C14H13BrO4. The summed E-state index contributed by atoms with van der Waals surface area (Å²) in [6.07, 6.45) is 0. The third kappa shape index (κ3) is 3.17. The number of carboxylic acids is 1. The number of halogens is 1. The summed E-state index contributed by atoms with van der Waals surface area (Å²) in [6, 6.07) is 7.23. The van der Waals surface area contributed by atoms with Crippen molar-refractivity contribution >= 4 is 21.9 Å². The number of hydrogen-bond donors (Lipinski definition) is 1. The lowest BCUT2D eigenvalue weighted by Crippen LogP contribution is -1.97. The molecule has 0 bridgehead atoms. The molecular weight excluding hydrogens is 312 g/mol. The van der Waals surface area contributed by atoms with Crippen LogP contribution in [0.4, 0.5) is 0 Å². The smallest absolute Gasteiger partial charge is 0.339 e. The van der Waals surface area contributed by atoms with Crippen molar-refractivity contribution in [2.24, 2.45) is 0 Å². The van der Waals surface area contributed by atoms with E-state index in [0.717, 1.165) is 15.8 Å². The van der Waals surface area contributed by atoms with Gasteiger partial charge in [-0.2, -0.15) is 0 Å². The van der Waals surface area contributed by atoms with Crippen molar-refractivity contribution in [1.82, 2.24) is 0 Å². The number of benzene rings is 1. The minimum absolute atomic E-state index is 0.171. The molecule has 1 aromatic heterocycles. The second-order valence-electron chi connectivity index (χ2n) is 4.19. The number of hydrogen-bond acceptors (Lipinski definition) is 3. The Labute approximate surface area is 119 Å². The fraction of sp³-hybridized carbons (Fsp3) is 0.214. The van der Waals surface area contributed by atoms with E-state index in [9.17, 15) is 4.79 Å². The Balaban J connectivity index is 2.12. The first-order chi connectivity index (χ1) is 8.97. The number of carbonyl (C=O) groups is 1. The van der Waals surface area contributed by atoms with E-state index < -0.39 is 5.97 Å². The van der Waals surface area contributed by atoms with E-state index in [1.807, 2.05) is 25.1 Å². The van der Waals surface area contributed by atoms with Crippen LogP contribution < -0.4 is 4.74 Å². The standard InChI is InChI=1S/C14H13BrO4/c1-8-3-4-10(15)5-13(8)18-7-11-6-12(14(16)17)9(2)19-11/h3-6H,7H2,1-2H3,(H,16,17). The molecule has 2 rings (SSSR count). The van der Waals surface area contributed by atoms with E-state index in [2.05, 4.69) is 15.9 Å². The maximum atomic E-state index is 10.9. The lowest BCUT2D eigenvalue weighted by molar-refractivity contribution is 0.0695. The number of aryl methyl sites for hydroxylation is 2. The van der Waals surface area contributed by atoms with E-state index >= 15 is 0 Å². The monoisotopic (exact) mass is 324 g/mol. The number of carboxylic acid groups (broad SMARTS) is 1. The summed E-state index contributed by atoms with van der Waals surface area (Å²) in [5.74, 6) is 0.623. The van der Waals surface area contributed by atoms with E-state index in [-0.39, 0.29) is 12.2 Å². The highest BCUT2D eigenvalue weighted by Crippen LogP contribution is 2.24. The first-order valence-electron chi connectivity index (χ1n) is 5.69. The third-order valence-corrected chi connectivity index (χ3v) is 3.21. The van der Waals surface area contributed by atoms with Crippen LogP contribution in [0.2, 0.25) is 0 Å². The maximum Gasteiger partial charge on any atom is 0.339 e. The van der Waals surface area contributed by atoms with E-state index in [1.165, 1.54) is 6.07 Å². The Morgan fingerprint density at radius 2 is 2.11 bits per heavy atom. The molecule has 0 unspecified atom stereocenters. The summed E-state index contributed by atoms with van der Waals surface area (Å²) < 4.78 is 11.9. The quantitative estimate of drug-likeness (QED) is 0.925. The molecule has 2 aromatic rings. The van der Waals surface area contributed by atoms with Gasteiger partial charge in [0, 0.05) is 4.47 Å². The zero-order valence-electron chi connectivity index (χ0n) is 10.6. The van der Waals surface area contributed by atoms with E-state index in [1.54, 1.807) is 6.92 Å². The molecule has 100 valence electrons. The number of aromatic carboxylic acids is 1. The Kier molecular flexibility index (Phi) is 3.95. The molecule has 5 heteroatoms. The topological polar surface area (TPSA) is 59.7 Å². The Morgan fingerprint density at radius 3 is 2.74 bits per heavy atom. The molecule has 0 spiro atoms. The largest absolute Gasteiger partial charge is 0.485 e. The lowest BCUT2D eigenvalue weighted by Gasteiger charge is -2.07. The van der Waals surface area contributed by atoms with Crippen molar-refractivity contribution in [2.45, 2.75) is 20.5 Å². The molecule has 0 radical (unpaired) electrons. The second kappa shape index (κ2) is 5.48. The summed E-state index contributed by atoms with van der Waals surface area (Å²) in [4.78, 5) is 10.9. The predicted molar refractivity (Wildman–Crippen MR) is 73.6 cm³/mol. The SMILES string of the molecule is Cc1ccc(Br)cc1OCc1cc(C(=O)O)c(C)o1. The molecule has 0 atom stereocenters. The fourth-order valence-corrected chi connectivity index (χ4v) is 2.05. The molecule has 4 nitrogen and oxygen atoms in total. The molecule has 0 saturated carbocycles. The van der Waals surface area contributed by atoms with Gasteiger partial charge in [0.05, 0.1) is 0 Å².